The van der Waals surface area contributed by atoms with E-state index in [1.807, 2.05) is 37.3 Å². The number of carbonyl (C=O) groups is 1. The summed E-state index contributed by atoms with van der Waals surface area (Å²) >= 11 is 0. The summed E-state index contributed by atoms with van der Waals surface area (Å²) in [5, 5.41) is 4.41. The molecule has 0 spiro atoms. The minimum absolute atomic E-state index is 0.0132. The van der Waals surface area contributed by atoms with Crippen LogP contribution >= 0.6 is 0 Å². The zero-order valence-corrected chi connectivity index (χ0v) is 18.4. The van der Waals surface area contributed by atoms with Gasteiger partial charge in [-0.25, -0.2) is 8.42 Å². The first-order valence-electron chi connectivity index (χ1n) is 10.5. The molecule has 1 amide bonds. The van der Waals surface area contributed by atoms with Crippen LogP contribution in [-0.2, 0) is 14.8 Å². The third-order valence-electron chi connectivity index (χ3n) is 5.62. The zero-order chi connectivity index (χ0) is 21.6. The van der Waals surface area contributed by atoms with E-state index in [0.29, 0.717) is 25.9 Å². The van der Waals surface area contributed by atoms with E-state index in [9.17, 15) is 13.2 Å². The molecule has 0 radical (unpaired) electrons. The maximum Gasteiger partial charge on any atom is 0.236 e. The molecule has 0 saturated carbocycles. The van der Waals surface area contributed by atoms with Crippen molar-refractivity contribution in [1.82, 2.24) is 9.62 Å². The van der Waals surface area contributed by atoms with Gasteiger partial charge in [-0.05, 0) is 43.4 Å². The summed E-state index contributed by atoms with van der Waals surface area (Å²) in [7, 11) is -3.48. The van der Waals surface area contributed by atoms with Crippen molar-refractivity contribution in [2.75, 3.05) is 13.1 Å². The molecule has 1 fully saturated rings. The number of nitrogens with one attached hydrogen (secondary N) is 1. The molecule has 0 bridgehead atoms. The van der Waals surface area contributed by atoms with Crippen molar-refractivity contribution in [3.05, 3.63) is 76.7 Å². The predicted molar refractivity (Wildman–Crippen MR) is 121 cm³/mol. The van der Waals surface area contributed by atoms with Crippen molar-refractivity contribution in [3.63, 3.8) is 0 Å². The van der Waals surface area contributed by atoms with Gasteiger partial charge in [0.1, 0.15) is 0 Å². The summed E-state index contributed by atoms with van der Waals surface area (Å²) in [6.45, 7) is 4.82. The number of carbonyl (C=O) groups excluding carboxylic acids is 1. The van der Waals surface area contributed by atoms with Gasteiger partial charge in [-0.1, -0.05) is 67.1 Å². The van der Waals surface area contributed by atoms with E-state index >= 15 is 0 Å². The minimum Gasteiger partial charge on any atom is -0.349 e. The van der Waals surface area contributed by atoms with Crippen molar-refractivity contribution in [3.8, 4) is 0 Å². The van der Waals surface area contributed by atoms with Crippen LogP contribution in [0.4, 0.5) is 0 Å². The largest absolute Gasteiger partial charge is 0.349 e. The van der Waals surface area contributed by atoms with Crippen LogP contribution < -0.4 is 5.32 Å². The summed E-state index contributed by atoms with van der Waals surface area (Å²) in [6, 6.07) is 17.6. The second-order valence-electron chi connectivity index (χ2n) is 7.81. The number of rotatable bonds is 7. The van der Waals surface area contributed by atoms with E-state index < -0.39 is 10.0 Å². The Balaban J connectivity index is 1.55. The molecule has 1 N–H and O–H groups in total. The molecule has 1 atom stereocenters. The minimum atomic E-state index is -3.48. The second-order valence-corrected chi connectivity index (χ2v) is 9.63. The van der Waals surface area contributed by atoms with Gasteiger partial charge in [0.2, 0.25) is 15.9 Å². The van der Waals surface area contributed by atoms with Crippen molar-refractivity contribution < 1.29 is 13.2 Å². The number of hydrogen-bond acceptors (Lipinski definition) is 3. The van der Waals surface area contributed by atoms with Crippen LogP contribution in [-0.4, -0.2) is 31.7 Å². The molecule has 2 aromatic rings. The molecule has 160 valence electrons. The Kier molecular flexibility index (Phi) is 7.45. The summed E-state index contributed by atoms with van der Waals surface area (Å²) in [4.78, 5) is 12.8. The van der Waals surface area contributed by atoms with Gasteiger partial charge in [-0.2, -0.15) is 4.31 Å². The molecule has 1 aliphatic heterocycles. The number of sulfonamides is 1. The van der Waals surface area contributed by atoms with Crippen LogP contribution in [0.5, 0.6) is 0 Å². The first-order valence-corrected chi connectivity index (χ1v) is 12.0. The Morgan fingerprint density at radius 3 is 2.33 bits per heavy atom. The fourth-order valence-corrected chi connectivity index (χ4v) is 4.92. The molecule has 3 rings (SSSR count). The standard InChI is InChI=1S/C24H30N2O3S/c1-3-23(21-11-9-19(2)10-12-21)25-24(27)22-13-16-26(17-14-22)30(28,29)18-15-20-7-5-4-6-8-20/h4-12,15,18,22-23H,3,13-14,16-17H2,1-2H3,(H,25,27)/b18-15+. The first-order chi connectivity index (χ1) is 14.4. The fourth-order valence-electron chi connectivity index (χ4n) is 3.70. The molecule has 1 saturated heterocycles. The Morgan fingerprint density at radius 2 is 1.73 bits per heavy atom. The van der Waals surface area contributed by atoms with E-state index in [1.165, 1.54) is 15.3 Å². The average Bonchev–Trinajstić information content (AvgIpc) is 2.77. The van der Waals surface area contributed by atoms with Gasteiger partial charge in [0.05, 0.1) is 6.04 Å². The van der Waals surface area contributed by atoms with Gasteiger partial charge in [-0.3, -0.25) is 4.79 Å². The van der Waals surface area contributed by atoms with E-state index in [-0.39, 0.29) is 17.9 Å². The lowest BCUT2D eigenvalue weighted by atomic mass is 9.95. The molecule has 30 heavy (non-hydrogen) atoms. The van der Waals surface area contributed by atoms with E-state index in [1.54, 1.807) is 6.08 Å². The first kappa shape index (κ1) is 22.2. The van der Waals surface area contributed by atoms with Gasteiger partial charge in [0, 0.05) is 24.4 Å². The molecule has 0 aromatic heterocycles. The van der Waals surface area contributed by atoms with Crippen LogP contribution in [0.15, 0.2) is 60.0 Å². The van der Waals surface area contributed by atoms with Gasteiger partial charge >= 0.3 is 0 Å². The third-order valence-corrected chi connectivity index (χ3v) is 7.19. The van der Waals surface area contributed by atoms with Gasteiger partial charge in [0.25, 0.3) is 0 Å². The molecule has 1 unspecified atom stereocenters. The van der Waals surface area contributed by atoms with E-state index in [4.69, 9.17) is 0 Å². The summed E-state index contributed by atoms with van der Waals surface area (Å²) < 4.78 is 26.7. The second kappa shape index (κ2) is 10.0. The highest BCUT2D eigenvalue weighted by Gasteiger charge is 2.30. The molecule has 1 aliphatic rings. The molecule has 1 heterocycles. The van der Waals surface area contributed by atoms with E-state index in [0.717, 1.165) is 17.5 Å². The van der Waals surface area contributed by atoms with E-state index in [2.05, 4.69) is 36.5 Å². The summed E-state index contributed by atoms with van der Waals surface area (Å²) in [5.41, 5.74) is 3.13. The van der Waals surface area contributed by atoms with Crippen molar-refractivity contribution >= 4 is 22.0 Å². The topological polar surface area (TPSA) is 66.5 Å². The Labute approximate surface area is 179 Å². The average molecular weight is 427 g/mol. The number of hydrogen-bond donors (Lipinski definition) is 1. The number of piperidine rings is 1. The highest BCUT2D eigenvalue weighted by atomic mass is 32.2. The molecule has 0 aliphatic carbocycles. The number of benzene rings is 2. The number of aryl methyl sites for hydroxylation is 1. The third kappa shape index (κ3) is 5.80. The van der Waals surface area contributed by atoms with Gasteiger partial charge in [0.15, 0.2) is 0 Å². The maximum atomic E-state index is 12.8. The Bertz CT molecular complexity index is 961. The zero-order valence-electron chi connectivity index (χ0n) is 17.6. The van der Waals surface area contributed by atoms with Crippen LogP contribution in [0.25, 0.3) is 6.08 Å². The molecule has 6 heteroatoms. The Hall–Kier alpha value is -2.44. The van der Waals surface area contributed by atoms with Crippen LogP contribution in [0.2, 0.25) is 0 Å². The summed E-state index contributed by atoms with van der Waals surface area (Å²) in [5.74, 6) is -0.145. The summed E-state index contributed by atoms with van der Waals surface area (Å²) in [6.07, 6.45) is 3.50. The van der Waals surface area contributed by atoms with Crippen LogP contribution in [0.1, 0.15) is 48.9 Å². The highest BCUT2D eigenvalue weighted by Crippen LogP contribution is 2.23. The lowest BCUT2D eigenvalue weighted by molar-refractivity contribution is -0.126. The fraction of sp³-hybridized carbons (Fsp3) is 0.375. The number of amides is 1. The normalized spacial score (nSPS) is 17.1. The van der Waals surface area contributed by atoms with Crippen LogP contribution in [0, 0.1) is 12.8 Å². The van der Waals surface area contributed by atoms with Crippen molar-refractivity contribution in [2.24, 2.45) is 5.92 Å². The SMILES string of the molecule is CCC(NC(=O)C1CCN(S(=O)(=O)/C=C/c2ccccc2)CC1)c1ccc(C)cc1. The Morgan fingerprint density at radius 1 is 1.10 bits per heavy atom. The van der Waals surface area contributed by atoms with Crippen molar-refractivity contribution in [1.29, 1.82) is 0 Å². The predicted octanol–water partition coefficient (Wildman–Crippen LogP) is 4.28. The molecule has 2 aromatic carbocycles. The molecular weight excluding hydrogens is 396 g/mol. The lowest BCUT2D eigenvalue weighted by Crippen LogP contribution is -2.43. The maximum absolute atomic E-state index is 12.8. The van der Waals surface area contributed by atoms with Gasteiger partial charge < -0.3 is 5.32 Å². The smallest absolute Gasteiger partial charge is 0.236 e. The van der Waals surface area contributed by atoms with Crippen molar-refractivity contribution in [2.45, 2.75) is 39.2 Å². The molecular formula is C24H30N2O3S. The molecule has 5 nitrogen and oxygen atoms in total. The number of nitrogens with zero attached hydrogens (tertiary/aromatic N) is 1. The van der Waals surface area contributed by atoms with Gasteiger partial charge in [-0.15, -0.1) is 0 Å². The quantitative estimate of drug-likeness (QED) is 0.719. The monoisotopic (exact) mass is 426 g/mol. The van der Waals surface area contributed by atoms with Crippen LogP contribution in [0.3, 0.4) is 0 Å². The highest BCUT2D eigenvalue weighted by molar-refractivity contribution is 7.92. The lowest BCUT2D eigenvalue weighted by Gasteiger charge is -2.30.